The molecule has 0 saturated carbocycles. The van der Waals surface area contributed by atoms with Crippen LogP contribution in [-0.4, -0.2) is 13.7 Å². The summed E-state index contributed by atoms with van der Waals surface area (Å²) in [6.45, 7) is 8.62. The molecule has 0 aromatic carbocycles. The van der Waals surface area contributed by atoms with Crippen LogP contribution in [-0.2, 0) is 17.9 Å². The Bertz CT molecular complexity index is 305. The fourth-order valence-corrected chi connectivity index (χ4v) is 1.49. The highest BCUT2D eigenvalue weighted by Crippen LogP contribution is 2.15. The van der Waals surface area contributed by atoms with E-state index in [1.165, 1.54) is 5.56 Å². The zero-order chi connectivity index (χ0) is 12.0. The Hall–Kier alpha value is -0.800. The topological polar surface area (TPSA) is 34.4 Å². The molecule has 3 nitrogen and oxygen atoms in total. The zero-order valence-corrected chi connectivity index (χ0v) is 10.8. The van der Waals surface area contributed by atoms with Gasteiger partial charge in [-0.25, -0.2) is 0 Å². The number of hydrogen-bond donors (Lipinski definition) is 1. The van der Waals surface area contributed by atoms with E-state index >= 15 is 0 Å². The van der Waals surface area contributed by atoms with E-state index in [9.17, 15) is 0 Å². The summed E-state index contributed by atoms with van der Waals surface area (Å²) in [5.41, 5.74) is 1.19. The van der Waals surface area contributed by atoms with Crippen molar-refractivity contribution in [1.29, 1.82) is 0 Å². The van der Waals surface area contributed by atoms with Crippen molar-refractivity contribution in [1.82, 2.24) is 5.32 Å². The molecule has 0 bridgehead atoms. The van der Waals surface area contributed by atoms with Crippen LogP contribution in [0, 0.1) is 12.8 Å². The van der Waals surface area contributed by atoms with Crippen LogP contribution in [0.2, 0.25) is 0 Å². The minimum atomic E-state index is 0.581. The maximum atomic E-state index is 5.67. The molecule has 1 aromatic heterocycles. The molecular weight excluding hydrogens is 202 g/mol. The van der Waals surface area contributed by atoms with E-state index in [0.717, 1.165) is 31.1 Å². The van der Waals surface area contributed by atoms with E-state index in [-0.39, 0.29) is 0 Å². The van der Waals surface area contributed by atoms with Crippen LogP contribution in [0.15, 0.2) is 10.5 Å². The van der Waals surface area contributed by atoms with Gasteiger partial charge >= 0.3 is 0 Å². The van der Waals surface area contributed by atoms with Crippen LogP contribution in [0.1, 0.15) is 37.4 Å². The molecule has 0 fully saturated rings. The van der Waals surface area contributed by atoms with Crippen LogP contribution in [0.3, 0.4) is 0 Å². The first-order valence-electron chi connectivity index (χ1n) is 5.94. The average molecular weight is 225 g/mol. The Balaban J connectivity index is 2.34. The van der Waals surface area contributed by atoms with E-state index in [1.54, 1.807) is 0 Å². The van der Waals surface area contributed by atoms with Gasteiger partial charge < -0.3 is 14.5 Å². The number of aryl methyl sites for hydroxylation is 1. The minimum Gasteiger partial charge on any atom is -0.462 e. The summed E-state index contributed by atoms with van der Waals surface area (Å²) in [4.78, 5) is 0. The monoisotopic (exact) mass is 225 g/mol. The van der Waals surface area contributed by atoms with E-state index in [4.69, 9.17) is 9.15 Å². The molecule has 0 aliphatic heterocycles. The van der Waals surface area contributed by atoms with E-state index < -0.39 is 0 Å². The fourth-order valence-electron chi connectivity index (χ4n) is 1.49. The molecular formula is C13H23NO2. The molecule has 1 aromatic rings. The Morgan fingerprint density at radius 2 is 2.19 bits per heavy atom. The summed E-state index contributed by atoms with van der Waals surface area (Å²) >= 11 is 0. The third-order valence-corrected chi connectivity index (χ3v) is 2.49. The molecule has 92 valence electrons. The summed E-state index contributed by atoms with van der Waals surface area (Å²) in [6, 6.07) is 2.06. The van der Waals surface area contributed by atoms with Crippen molar-refractivity contribution in [2.75, 3.05) is 13.7 Å². The highest BCUT2D eigenvalue weighted by molar-refractivity contribution is 5.19. The van der Waals surface area contributed by atoms with Crippen molar-refractivity contribution in [3.05, 3.63) is 23.2 Å². The Labute approximate surface area is 98.2 Å². The molecule has 0 saturated heterocycles. The van der Waals surface area contributed by atoms with Crippen molar-refractivity contribution >= 4 is 0 Å². The van der Waals surface area contributed by atoms with Crippen molar-refractivity contribution in [2.24, 2.45) is 5.92 Å². The third kappa shape index (κ3) is 4.37. The first kappa shape index (κ1) is 13.3. The lowest BCUT2D eigenvalue weighted by atomic mass is 10.1. The zero-order valence-electron chi connectivity index (χ0n) is 10.8. The number of rotatable bonds is 7. The summed E-state index contributed by atoms with van der Waals surface area (Å²) in [7, 11) is 1.92. The number of hydrogen-bond acceptors (Lipinski definition) is 3. The molecule has 0 unspecified atom stereocenters. The molecule has 0 spiro atoms. The van der Waals surface area contributed by atoms with Gasteiger partial charge in [-0.15, -0.1) is 0 Å². The van der Waals surface area contributed by atoms with Crippen molar-refractivity contribution in [3.63, 3.8) is 0 Å². The quantitative estimate of drug-likeness (QED) is 0.725. The highest BCUT2D eigenvalue weighted by atomic mass is 16.5. The lowest BCUT2D eigenvalue weighted by Crippen LogP contribution is -2.04. The Morgan fingerprint density at radius 3 is 2.81 bits per heavy atom. The number of furan rings is 1. The maximum absolute atomic E-state index is 5.67. The Morgan fingerprint density at radius 1 is 1.44 bits per heavy atom. The van der Waals surface area contributed by atoms with Crippen molar-refractivity contribution in [2.45, 2.75) is 40.3 Å². The molecule has 0 radical (unpaired) electrons. The predicted octanol–water partition coefficient (Wildman–Crippen LogP) is 2.87. The van der Waals surface area contributed by atoms with Gasteiger partial charge in [-0.2, -0.15) is 0 Å². The predicted molar refractivity (Wildman–Crippen MR) is 65.3 cm³/mol. The fraction of sp³-hybridized carbons (Fsp3) is 0.692. The molecule has 1 heterocycles. The molecule has 0 aliphatic rings. The summed E-state index contributed by atoms with van der Waals surface area (Å²) in [5, 5.41) is 3.09. The summed E-state index contributed by atoms with van der Waals surface area (Å²) in [5.74, 6) is 2.62. The second-order valence-electron chi connectivity index (χ2n) is 4.58. The average Bonchev–Trinajstić information content (AvgIpc) is 2.55. The smallest absolute Gasteiger partial charge is 0.130 e. The van der Waals surface area contributed by atoms with Gasteiger partial charge in [-0.05, 0) is 37.9 Å². The first-order chi connectivity index (χ1) is 7.63. The minimum absolute atomic E-state index is 0.581. The third-order valence-electron chi connectivity index (χ3n) is 2.49. The number of nitrogens with one attached hydrogen (secondary N) is 1. The van der Waals surface area contributed by atoms with Gasteiger partial charge in [-0.3, -0.25) is 0 Å². The molecule has 16 heavy (non-hydrogen) atoms. The maximum Gasteiger partial charge on any atom is 0.130 e. The van der Waals surface area contributed by atoms with Crippen LogP contribution < -0.4 is 5.32 Å². The molecule has 1 rings (SSSR count). The molecule has 1 N–H and O–H groups in total. The van der Waals surface area contributed by atoms with Gasteiger partial charge in [-0.1, -0.05) is 13.8 Å². The van der Waals surface area contributed by atoms with E-state index in [0.29, 0.717) is 12.5 Å². The standard InChI is InChI=1S/C13H23NO2/c1-10(2)5-6-15-9-12-7-11(3)13(16-12)8-14-4/h7,10,14H,5-6,8-9H2,1-4H3. The van der Waals surface area contributed by atoms with Gasteiger partial charge in [0.1, 0.15) is 18.1 Å². The molecule has 0 atom stereocenters. The SMILES string of the molecule is CNCc1oc(COCCC(C)C)cc1C. The number of ether oxygens (including phenoxy) is 1. The van der Waals surface area contributed by atoms with E-state index in [1.807, 2.05) is 7.05 Å². The second-order valence-corrected chi connectivity index (χ2v) is 4.58. The van der Waals surface area contributed by atoms with Crippen LogP contribution >= 0.6 is 0 Å². The van der Waals surface area contributed by atoms with Gasteiger partial charge in [0.2, 0.25) is 0 Å². The molecule has 0 aliphatic carbocycles. The van der Waals surface area contributed by atoms with E-state index in [2.05, 4.69) is 32.2 Å². The lowest BCUT2D eigenvalue weighted by Gasteiger charge is -2.04. The van der Waals surface area contributed by atoms with Crippen LogP contribution in [0.25, 0.3) is 0 Å². The van der Waals surface area contributed by atoms with Gasteiger partial charge in [0.15, 0.2) is 0 Å². The summed E-state index contributed by atoms with van der Waals surface area (Å²) in [6.07, 6.45) is 1.10. The summed E-state index contributed by atoms with van der Waals surface area (Å²) < 4.78 is 11.2. The highest BCUT2D eigenvalue weighted by Gasteiger charge is 2.06. The van der Waals surface area contributed by atoms with Crippen molar-refractivity contribution in [3.8, 4) is 0 Å². The van der Waals surface area contributed by atoms with Crippen molar-refractivity contribution < 1.29 is 9.15 Å². The van der Waals surface area contributed by atoms with Gasteiger partial charge in [0.25, 0.3) is 0 Å². The first-order valence-corrected chi connectivity index (χ1v) is 5.94. The van der Waals surface area contributed by atoms with Crippen LogP contribution in [0.4, 0.5) is 0 Å². The normalized spacial score (nSPS) is 11.3. The lowest BCUT2D eigenvalue weighted by molar-refractivity contribution is 0.0961. The van der Waals surface area contributed by atoms with Crippen LogP contribution in [0.5, 0.6) is 0 Å². The molecule has 3 heteroatoms. The Kier molecular flexibility index (Phi) is 5.56. The van der Waals surface area contributed by atoms with Gasteiger partial charge in [0, 0.05) is 6.61 Å². The largest absolute Gasteiger partial charge is 0.462 e. The molecule has 0 amide bonds. The van der Waals surface area contributed by atoms with Gasteiger partial charge in [0.05, 0.1) is 6.54 Å². The second kappa shape index (κ2) is 6.71.